The molecule has 1 aromatic carbocycles. The summed E-state index contributed by atoms with van der Waals surface area (Å²) >= 11 is 11.7. The fraction of sp³-hybridized carbons (Fsp3) is 0.385. The number of nitrogens with two attached hydrogens (primary N) is 1. The van der Waals surface area contributed by atoms with Crippen LogP contribution in [0.25, 0.3) is 0 Å². The third-order valence-corrected chi connectivity index (χ3v) is 4.12. The first-order chi connectivity index (χ1) is 9.33. The first-order valence-electron chi connectivity index (χ1n) is 6.10. The van der Waals surface area contributed by atoms with Crippen molar-refractivity contribution in [2.24, 2.45) is 5.73 Å². The number of benzene rings is 1. The lowest BCUT2D eigenvalue weighted by Gasteiger charge is -2.37. The first-order valence-corrected chi connectivity index (χ1v) is 6.86. The van der Waals surface area contributed by atoms with Crippen LogP contribution in [0.5, 0.6) is 0 Å². The van der Waals surface area contributed by atoms with Crippen molar-refractivity contribution in [2.45, 2.75) is 18.4 Å². The highest BCUT2D eigenvalue weighted by molar-refractivity contribution is 6.42. The Bertz CT molecular complexity index is 565. The molecule has 1 heterocycles. The van der Waals surface area contributed by atoms with Gasteiger partial charge >= 0.3 is 0 Å². The van der Waals surface area contributed by atoms with Gasteiger partial charge in [-0.2, -0.15) is 0 Å². The lowest BCUT2D eigenvalue weighted by Crippen LogP contribution is -2.57. The molecular weight excluding hydrogens is 303 g/mol. The van der Waals surface area contributed by atoms with Crippen molar-refractivity contribution in [1.82, 2.24) is 4.90 Å². The molecule has 0 saturated carbocycles. The number of halogens is 2. The molecular formula is C13H14Cl2N2O3. The standard InChI is InChI=1S/C13H14Cl2N2O3/c14-9-3-2-8(6-10(9)15)11(18)17-5-1-4-13(20,7-17)12(16)19/h2-3,6,20H,1,4-5,7H2,(H2,16,19)/t13-/m0/s1. The average molecular weight is 317 g/mol. The van der Waals surface area contributed by atoms with Crippen LogP contribution in [0.15, 0.2) is 18.2 Å². The average Bonchev–Trinajstić information content (AvgIpc) is 2.41. The largest absolute Gasteiger partial charge is 0.378 e. The van der Waals surface area contributed by atoms with Gasteiger partial charge in [-0.15, -0.1) is 0 Å². The Morgan fingerprint density at radius 3 is 2.60 bits per heavy atom. The molecule has 0 aromatic heterocycles. The van der Waals surface area contributed by atoms with Crippen molar-refractivity contribution < 1.29 is 14.7 Å². The third-order valence-electron chi connectivity index (χ3n) is 3.38. The van der Waals surface area contributed by atoms with Crippen molar-refractivity contribution in [2.75, 3.05) is 13.1 Å². The third kappa shape index (κ3) is 2.90. The maximum atomic E-state index is 12.3. The highest BCUT2D eigenvalue weighted by atomic mass is 35.5. The van der Waals surface area contributed by atoms with Crippen LogP contribution in [0.4, 0.5) is 0 Å². The Morgan fingerprint density at radius 1 is 1.30 bits per heavy atom. The highest BCUT2D eigenvalue weighted by Gasteiger charge is 2.40. The smallest absolute Gasteiger partial charge is 0.254 e. The second-order valence-corrected chi connectivity index (χ2v) is 5.67. The van der Waals surface area contributed by atoms with Gasteiger partial charge < -0.3 is 15.7 Å². The molecule has 1 atom stereocenters. The number of carbonyl (C=O) groups excluding carboxylic acids is 2. The number of nitrogens with zero attached hydrogens (tertiary/aromatic N) is 1. The molecule has 5 nitrogen and oxygen atoms in total. The van der Waals surface area contributed by atoms with Gasteiger partial charge in [0.25, 0.3) is 11.8 Å². The Hall–Kier alpha value is -1.30. The quantitative estimate of drug-likeness (QED) is 0.866. The van der Waals surface area contributed by atoms with Crippen molar-refractivity contribution in [3.8, 4) is 0 Å². The Labute approximate surface area is 126 Å². The molecule has 0 aliphatic carbocycles. The fourth-order valence-electron chi connectivity index (χ4n) is 2.22. The topological polar surface area (TPSA) is 83.6 Å². The van der Waals surface area contributed by atoms with E-state index in [1.165, 1.54) is 17.0 Å². The number of aliphatic hydroxyl groups is 1. The van der Waals surface area contributed by atoms with Crippen LogP contribution < -0.4 is 5.73 Å². The van der Waals surface area contributed by atoms with E-state index in [2.05, 4.69) is 0 Å². The molecule has 1 aliphatic heterocycles. The first kappa shape index (κ1) is 15.1. The summed E-state index contributed by atoms with van der Waals surface area (Å²) < 4.78 is 0. The molecule has 20 heavy (non-hydrogen) atoms. The minimum absolute atomic E-state index is 0.110. The van der Waals surface area contributed by atoms with E-state index in [0.29, 0.717) is 23.6 Å². The molecule has 7 heteroatoms. The summed E-state index contributed by atoms with van der Waals surface area (Å²) in [6.07, 6.45) is 0.764. The van der Waals surface area contributed by atoms with Gasteiger partial charge in [-0.05, 0) is 31.0 Å². The monoisotopic (exact) mass is 316 g/mol. The SMILES string of the molecule is NC(=O)[C@]1(O)CCCN(C(=O)c2ccc(Cl)c(Cl)c2)C1. The second-order valence-electron chi connectivity index (χ2n) is 4.85. The number of primary amides is 1. The van der Waals surface area contributed by atoms with Crippen LogP contribution in [0.2, 0.25) is 10.0 Å². The number of β-amino-alcohol motifs (C(OH)–C–C–N with tert-alkyl or cyclic N) is 1. The minimum Gasteiger partial charge on any atom is -0.378 e. The molecule has 1 aliphatic rings. The summed E-state index contributed by atoms with van der Waals surface area (Å²) in [6, 6.07) is 4.54. The molecule has 0 radical (unpaired) electrons. The lowest BCUT2D eigenvalue weighted by atomic mass is 9.92. The van der Waals surface area contributed by atoms with Gasteiger partial charge in [0.2, 0.25) is 0 Å². The van der Waals surface area contributed by atoms with E-state index >= 15 is 0 Å². The summed E-state index contributed by atoms with van der Waals surface area (Å²) in [7, 11) is 0. The predicted molar refractivity (Wildman–Crippen MR) is 75.7 cm³/mol. The molecule has 0 unspecified atom stereocenters. The van der Waals surface area contributed by atoms with Gasteiger partial charge in [0.1, 0.15) is 0 Å². The van der Waals surface area contributed by atoms with Crippen molar-refractivity contribution in [1.29, 1.82) is 0 Å². The summed E-state index contributed by atoms with van der Waals surface area (Å²) in [4.78, 5) is 25.0. The van der Waals surface area contributed by atoms with E-state index in [1.54, 1.807) is 6.07 Å². The number of likely N-dealkylation sites (tertiary alicyclic amines) is 1. The van der Waals surface area contributed by atoms with Gasteiger partial charge in [0, 0.05) is 12.1 Å². The van der Waals surface area contributed by atoms with Crippen molar-refractivity contribution in [3.63, 3.8) is 0 Å². The molecule has 3 N–H and O–H groups in total. The Balaban J connectivity index is 2.20. The Morgan fingerprint density at radius 2 is 2.00 bits per heavy atom. The molecule has 1 fully saturated rings. The van der Waals surface area contributed by atoms with Gasteiger partial charge in [-0.1, -0.05) is 23.2 Å². The molecule has 1 aromatic rings. The number of hydrogen-bond acceptors (Lipinski definition) is 3. The predicted octanol–water partition coefficient (Wildman–Crippen LogP) is 1.45. The van der Waals surface area contributed by atoms with E-state index in [1.807, 2.05) is 0 Å². The van der Waals surface area contributed by atoms with Gasteiger partial charge in [0.05, 0.1) is 16.6 Å². The zero-order valence-electron chi connectivity index (χ0n) is 10.6. The summed E-state index contributed by atoms with van der Waals surface area (Å²) in [5, 5.41) is 10.7. The fourth-order valence-corrected chi connectivity index (χ4v) is 2.52. The molecule has 2 amide bonds. The molecule has 0 bridgehead atoms. The van der Waals surface area contributed by atoms with Gasteiger partial charge in [-0.3, -0.25) is 9.59 Å². The van der Waals surface area contributed by atoms with E-state index < -0.39 is 11.5 Å². The highest BCUT2D eigenvalue weighted by Crippen LogP contribution is 2.26. The van der Waals surface area contributed by atoms with Gasteiger partial charge in [0.15, 0.2) is 5.60 Å². The number of carbonyl (C=O) groups is 2. The van der Waals surface area contributed by atoms with Crippen LogP contribution in [0.1, 0.15) is 23.2 Å². The minimum atomic E-state index is -1.66. The van der Waals surface area contributed by atoms with Crippen molar-refractivity contribution >= 4 is 35.0 Å². The zero-order valence-corrected chi connectivity index (χ0v) is 12.1. The number of piperidine rings is 1. The Kier molecular flexibility index (Phi) is 4.22. The maximum Gasteiger partial charge on any atom is 0.254 e. The van der Waals surface area contributed by atoms with Crippen LogP contribution in [0.3, 0.4) is 0 Å². The summed E-state index contributed by atoms with van der Waals surface area (Å²) in [5.74, 6) is -1.13. The summed E-state index contributed by atoms with van der Waals surface area (Å²) in [5.41, 5.74) is 3.87. The van der Waals surface area contributed by atoms with Crippen molar-refractivity contribution in [3.05, 3.63) is 33.8 Å². The van der Waals surface area contributed by atoms with Crippen LogP contribution in [0, 0.1) is 0 Å². The molecule has 1 saturated heterocycles. The molecule has 108 valence electrons. The van der Waals surface area contributed by atoms with E-state index in [-0.39, 0.29) is 23.9 Å². The van der Waals surface area contributed by atoms with E-state index in [4.69, 9.17) is 28.9 Å². The maximum absolute atomic E-state index is 12.3. The van der Waals surface area contributed by atoms with Crippen LogP contribution >= 0.6 is 23.2 Å². The number of amides is 2. The van der Waals surface area contributed by atoms with E-state index in [9.17, 15) is 14.7 Å². The second kappa shape index (κ2) is 5.60. The normalized spacial score (nSPS) is 22.6. The lowest BCUT2D eigenvalue weighted by molar-refractivity contribution is -0.140. The van der Waals surface area contributed by atoms with E-state index in [0.717, 1.165) is 0 Å². The van der Waals surface area contributed by atoms with Crippen LogP contribution in [-0.4, -0.2) is 40.5 Å². The summed E-state index contributed by atoms with van der Waals surface area (Å²) in [6.45, 7) is 0.343. The number of rotatable bonds is 2. The van der Waals surface area contributed by atoms with Crippen LogP contribution in [-0.2, 0) is 4.79 Å². The zero-order chi connectivity index (χ0) is 14.9. The molecule has 0 spiro atoms. The molecule has 2 rings (SSSR count). The van der Waals surface area contributed by atoms with Gasteiger partial charge in [-0.25, -0.2) is 0 Å². The number of hydrogen-bond donors (Lipinski definition) is 2.